The van der Waals surface area contributed by atoms with Gasteiger partial charge in [0.1, 0.15) is 5.75 Å². The number of hydrogen-bond donors (Lipinski definition) is 1. The highest BCUT2D eigenvalue weighted by molar-refractivity contribution is 7.89. The van der Waals surface area contributed by atoms with Crippen molar-refractivity contribution in [2.75, 3.05) is 25.5 Å². The molecule has 1 amide bonds. The van der Waals surface area contributed by atoms with E-state index < -0.39 is 15.9 Å². The van der Waals surface area contributed by atoms with E-state index in [9.17, 15) is 13.2 Å². The van der Waals surface area contributed by atoms with E-state index in [1.807, 2.05) is 24.3 Å². The molecular weight excluding hydrogens is 474 g/mol. The molecule has 34 heavy (non-hydrogen) atoms. The maximum absolute atomic E-state index is 13.1. The van der Waals surface area contributed by atoms with E-state index >= 15 is 0 Å². The van der Waals surface area contributed by atoms with Crippen LogP contribution in [0, 0.1) is 0 Å². The van der Waals surface area contributed by atoms with E-state index in [1.165, 1.54) is 34.9 Å². The fourth-order valence-corrected chi connectivity index (χ4v) is 6.41. The molecule has 10 heteroatoms. The molecule has 176 valence electrons. The quantitative estimate of drug-likeness (QED) is 0.403. The van der Waals surface area contributed by atoms with Crippen molar-refractivity contribution >= 4 is 43.2 Å². The second kappa shape index (κ2) is 9.21. The first-order valence-electron chi connectivity index (χ1n) is 10.9. The monoisotopic (exact) mass is 497 g/mol. The van der Waals surface area contributed by atoms with Crippen LogP contribution >= 0.6 is 11.3 Å². The van der Waals surface area contributed by atoms with Crippen molar-refractivity contribution in [3.05, 3.63) is 60.4 Å². The second-order valence-corrected chi connectivity index (χ2v) is 10.9. The molecule has 0 bridgehead atoms. The smallest absolute Gasteiger partial charge is 0.291 e. The summed E-state index contributed by atoms with van der Waals surface area (Å²) in [7, 11) is -2.20. The molecular formula is C24H23N3O5S2. The number of carbonyl (C=O) groups is 1. The van der Waals surface area contributed by atoms with Gasteiger partial charge in [0.2, 0.25) is 10.0 Å². The van der Waals surface area contributed by atoms with Crippen molar-refractivity contribution in [3.63, 3.8) is 0 Å². The summed E-state index contributed by atoms with van der Waals surface area (Å²) < 4.78 is 39.8. The number of rotatable bonds is 6. The Morgan fingerprint density at radius 1 is 1.09 bits per heavy atom. The van der Waals surface area contributed by atoms with Crippen molar-refractivity contribution in [3.8, 4) is 16.5 Å². The van der Waals surface area contributed by atoms with Crippen LogP contribution in [0.5, 0.6) is 5.75 Å². The van der Waals surface area contributed by atoms with Crippen LogP contribution in [0.3, 0.4) is 0 Å². The lowest BCUT2D eigenvalue weighted by molar-refractivity contribution is 0.0997. The van der Waals surface area contributed by atoms with E-state index in [1.54, 1.807) is 18.2 Å². The number of para-hydroxylation sites is 1. The number of piperidine rings is 1. The zero-order chi connectivity index (χ0) is 23.7. The van der Waals surface area contributed by atoms with Crippen LogP contribution in [0.15, 0.2) is 63.9 Å². The van der Waals surface area contributed by atoms with Crippen LogP contribution < -0.4 is 10.1 Å². The lowest BCUT2D eigenvalue weighted by atomic mass is 10.2. The third-order valence-corrected chi connectivity index (χ3v) is 8.65. The van der Waals surface area contributed by atoms with Gasteiger partial charge < -0.3 is 14.5 Å². The Kier molecular flexibility index (Phi) is 6.11. The maximum atomic E-state index is 13.1. The highest BCUT2D eigenvalue weighted by Crippen LogP contribution is 2.33. The van der Waals surface area contributed by atoms with Crippen molar-refractivity contribution < 1.29 is 22.4 Å². The number of sulfonamides is 1. The van der Waals surface area contributed by atoms with Crippen LogP contribution in [-0.4, -0.2) is 43.8 Å². The Balaban J connectivity index is 1.39. The van der Waals surface area contributed by atoms with Crippen molar-refractivity contribution in [2.45, 2.75) is 24.2 Å². The summed E-state index contributed by atoms with van der Waals surface area (Å²) >= 11 is 1.48. The summed E-state index contributed by atoms with van der Waals surface area (Å²) in [5.41, 5.74) is 1.12. The molecule has 0 aliphatic carbocycles. The van der Waals surface area contributed by atoms with Gasteiger partial charge in [0, 0.05) is 13.1 Å². The number of methoxy groups -OCH3 is 1. The topological polar surface area (TPSA) is 102 Å². The fourth-order valence-electron chi connectivity index (χ4n) is 3.94. The van der Waals surface area contributed by atoms with E-state index in [4.69, 9.17) is 9.15 Å². The molecule has 1 aliphatic heterocycles. The number of carbonyl (C=O) groups excluding carboxylic acids is 1. The van der Waals surface area contributed by atoms with Crippen LogP contribution in [0.25, 0.3) is 21.0 Å². The Bertz CT molecular complexity index is 1420. The number of benzene rings is 2. The van der Waals surface area contributed by atoms with Gasteiger partial charge in [-0.25, -0.2) is 13.4 Å². The first-order valence-corrected chi connectivity index (χ1v) is 13.2. The minimum Gasteiger partial charge on any atom is -0.495 e. The zero-order valence-electron chi connectivity index (χ0n) is 18.5. The molecule has 0 spiro atoms. The second-order valence-electron chi connectivity index (χ2n) is 7.93. The Morgan fingerprint density at radius 3 is 2.65 bits per heavy atom. The normalized spacial score (nSPS) is 14.9. The highest BCUT2D eigenvalue weighted by Gasteiger charge is 2.27. The predicted molar refractivity (Wildman–Crippen MR) is 131 cm³/mol. The van der Waals surface area contributed by atoms with E-state index in [0.29, 0.717) is 29.6 Å². The number of thiazole rings is 1. The number of furan rings is 1. The molecule has 1 aliphatic rings. The minimum atomic E-state index is -3.66. The molecule has 8 nitrogen and oxygen atoms in total. The molecule has 0 atom stereocenters. The molecule has 4 aromatic rings. The SMILES string of the molecule is COc1ccc(S(=O)(=O)N2CCCCC2)cc1NC(=O)c1ccc(-c2nc3ccccc3s2)o1. The van der Waals surface area contributed by atoms with Crippen molar-refractivity contribution in [1.82, 2.24) is 9.29 Å². The number of nitrogens with zero attached hydrogens (tertiary/aromatic N) is 2. The number of nitrogens with one attached hydrogen (secondary N) is 1. The number of anilines is 1. The Labute approximate surface area is 201 Å². The average Bonchev–Trinajstić information content (AvgIpc) is 3.52. The van der Waals surface area contributed by atoms with Crippen molar-refractivity contribution in [2.24, 2.45) is 0 Å². The summed E-state index contributed by atoms with van der Waals surface area (Å²) in [4.78, 5) is 17.6. The summed E-state index contributed by atoms with van der Waals surface area (Å²) in [6.07, 6.45) is 2.71. The standard InChI is InChI=1S/C24H23N3O5S2/c1-31-19-10-9-16(34(29,30)27-13-5-2-6-14-27)15-18(19)25-23(28)20-11-12-21(32-20)24-26-17-7-3-4-8-22(17)33-24/h3-4,7-12,15H,2,5-6,13-14H2,1H3,(H,25,28). The summed E-state index contributed by atoms with van der Waals surface area (Å²) in [5.74, 6) is 0.405. The molecule has 1 N–H and O–H groups in total. The van der Waals surface area contributed by atoms with Crippen molar-refractivity contribution in [1.29, 1.82) is 0 Å². The number of amides is 1. The van der Waals surface area contributed by atoms with Gasteiger partial charge in [-0.2, -0.15) is 4.31 Å². The average molecular weight is 498 g/mol. The first-order chi connectivity index (χ1) is 16.5. The molecule has 2 aromatic carbocycles. The molecule has 5 rings (SSSR count). The van der Waals surface area contributed by atoms with Gasteiger partial charge in [0.15, 0.2) is 16.5 Å². The molecule has 0 saturated carbocycles. The van der Waals surface area contributed by atoms with Crippen LogP contribution in [-0.2, 0) is 10.0 Å². The van der Waals surface area contributed by atoms with Crippen LogP contribution in [0.2, 0.25) is 0 Å². The number of aromatic nitrogens is 1. The molecule has 0 radical (unpaired) electrons. The minimum absolute atomic E-state index is 0.0839. The number of hydrogen-bond acceptors (Lipinski definition) is 7. The molecule has 3 heterocycles. The first kappa shape index (κ1) is 22.6. The van der Waals surface area contributed by atoms with E-state index in [0.717, 1.165) is 29.5 Å². The summed E-state index contributed by atoms with van der Waals surface area (Å²) in [6.45, 7) is 0.994. The lowest BCUT2D eigenvalue weighted by Gasteiger charge is -2.26. The van der Waals surface area contributed by atoms with Gasteiger partial charge in [0.05, 0.1) is 27.9 Å². The molecule has 2 aromatic heterocycles. The fraction of sp³-hybridized carbons (Fsp3) is 0.250. The van der Waals surface area contributed by atoms with Gasteiger partial charge >= 0.3 is 0 Å². The van der Waals surface area contributed by atoms with Gasteiger partial charge in [-0.05, 0) is 55.3 Å². The molecule has 0 unspecified atom stereocenters. The third-order valence-electron chi connectivity index (χ3n) is 5.71. The summed E-state index contributed by atoms with van der Waals surface area (Å²) in [5, 5.41) is 3.40. The Morgan fingerprint density at radius 2 is 1.88 bits per heavy atom. The number of fused-ring (bicyclic) bond motifs is 1. The van der Waals surface area contributed by atoms with Gasteiger partial charge in [-0.1, -0.05) is 18.6 Å². The summed E-state index contributed by atoms with van der Waals surface area (Å²) in [6, 6.07) is 15.5. The Hall–Kier alpha value is -3.21. The maximum Gasteiger partial charge on any atom is 0.291 e. The zero-order valence-corrected chi connectivity index (χ0v) is 20.1. The van der Waals surface area contributed by atoms with Gasteiger partial charge in [-0.3, -0.25) is 4.79 Å². The molecule has 1 fully saturated rings. The van der Waals surface area contributed by atoms with E-state index in [-0.39, 0.29) is 16.3 Å². The predicted octanol–water partition coefficient (Wildman–Crippen LogP) is 4.99. The van der Waals surface area contributed by atoms with Gasteiger partial charge in [0.25, 0.3) is 5.91 Å². The van der Waals surface area contributed by atoms with Crippen LogP contribution in [0.4, 0.5) is 5.69 Å². The third kappa shape index (κ3) is 4.31. The lowest BCUT2D eigenvalue weighted by Crippen LogP contribution is -2.35. The van der Waals surface area contributed by atoms with Crippen LogP contribution in [0.1, 0.15) is 29.8 Å². The van der Waals surface area contributed by atoms with E-state index in [2.05, 4.69) is 10.3 Å². The highest BCUT2D eigenvalue weighted by atomic mass is 32.2. The van der Waals surface area contributed by atoms with Gasteiger partial charge in [-0.15, -0.1) is 11.3 Å². The number of ether oxygens (including phenoxy) is 1. The largest absolute Gasteiger partial charge is 0.495 e. The molecule has 1 saturated heterocycles.